The van der Waals surface area contributed by atoms with Crippen molar-refractivity contribution in [2.24, 2.45) is 10.2 Å². The Morgan fingerprint density at radius 2 is 2.08 bits per heavy atom. The number of benzene rings is 1. The molecule has 0 fully saturated rings. The van der Waals surface area contributed by atoms with Gasteiger partial charge in [-0.3, -0.25) is 4.84 Å². The number of rotatable bonds is 1. The van der Waals surface area contributed by atoms with Gasteiger partial charge in [-0.05, 0) is 11.6 Å². The third-order valence-corrected chi connectivity index (χ3v) is 2.15. The van der Waals surface area contributed by atoms with Crippen molar-refractivity contribution in [1.29, 1.82) is 0 Å². The molecule has 2 rings (SSSR count). The summed E-state index contributed by atoms with van der Waals surface area (Å²) < 4.78 is 0. The molecule has 0 amide bonds. The molecule has 1 aliphatic heterocycles. The van der Waals surface area contributed by atoms with Crippen molar-refractivity contribution in [1.82, 2.24) is 0 Å². The molecule has 0 unspecified atom stereocenters. The second-order valence-corrected chi connectivity index (χ2v) is 2.83. The molecule has 0 saturated carbocycles. The third kappa shape index (κ3) is 1.16. The van der Waals surface area contributed by atoms with Crippen LogP contribution in [-0.2, 0) is 13.1 Å². The number of azo groups is 1. The second kappa shape index (κ2) is 3.11. The van der Waals surface area contributed by atoms with Crippen molar-refractivity contribution in [3.05, 3.63) is 29.3 Å². The van der Waals surface area contributed by atoms with Crippen LogP contribution >= 0.6 is 11.8 Å². The van der Waals surface area contributed by atoms with Crippen LogP contribution in [0.1, 0.15) is 11.1 Å². The van der Waals surface area contributed by atoms with Crippen LogP contribution in [0.4, 0.5) is 5.69 Å². The maximum atomic E-state index is 5.54. The first-order valence-electron chi connectivity index (χ1n) is 3.72. The number of fused-ring (bicyclic) bond motifs is 1. The van der Waals surface area contributed by atoms with Crippen LogP contribution in [-0.4, -0.2) is 0 Å². The maximum Gasteiger partial charge on any atom is 0.0873 e. The predicted molar refractivity (Wildman–Crippen MR) is 48.2 cm³/mol. The molecule has 0 spiro atoms. The highest BCUT2D eigenvalue weighted by molar-refractivity contribution is 6.24. The number of anilines is 1. The van der Waals surface area contributed by atoms with Crippen LogP contribution < -0.4 is 4.84 Å². The standard InChI is InChI=1S/C8H8ClN3/c9-12-8-3-1-2-6-4-10-11-5-7(6)8/h1-3,12H,4-5H2. The van der Waals surface area contributed by atoms with E-state index in [0.717, 1.165) is 11.3 Å². The van der Waals surface area contributed by atoms with E-state index in [4.69, 9.17) is 11.8 Å². The Labute approximate surface area is 75.6 Å². The van der Waals surface area contributed by atoms with E-state index in [-0.39, 0.29) is 0 Å². The van der Waals surface area contributed by atoms with E-state index < -0.39 is 0 Å². The van der Waals surface area contributed by atoms with Gasteiger partial charge in [0.15, 0.2) is 0 Å². The molecule has 0 saturated heterocycles. The van der Waals surface area contributed by atoms with Gasteiger partial charge < -0.3 is 0 Å². The Kier molecular flexibility index (Phi) is 1.96. The molecular formula is C8H8ClN3. The summed E-state index contributed by atoms with van der Waals surface area (Å²) in [6.07, 6.45) is 0. The Bertz CT molecular complexity index is 322. The first-order valence-corrected chi connectivity index (χ1v) is 4.10. The molecular weight excluding hydrogens is 174 g/mol. The van der Waals surface area contributed by atoms with Gasteiger partial charge in [-0.25, -0.2) is 0 Å². The molecule has 4 heteroatoms. The summed E-state index contributed by atoms with van der Waals surface area (Å²) in [5.41, 5.74) is 3.30. The largest absolute Gasteiger partial charge is 0.298 e. The van der Waals surface area contributed by atoms with E-state index in [1.54, 1.807) is 0 Å². The van der Waals surface area contributed by atoms with Gasteiger partial charge in [-0.1, -0.05) is 12.1 Å². The molecule has 0 atom stereocenters. The SMILES string of the molecule is ClNc1cccc2c1CN=NC2. The lowest BCUT2D eigenvalue weighted by Crippen LogP contribution is -1.99. The van der Waals surface area contributed by atoms with E-state index in [2.05, 4.69) is 15.1 Å². The second-order valence-electron chi connectivity index (χ2n) is 2.64. The summed E-state index contributed by atoms with van der Waals surface area (Å²) >= 11 is 5.54. The molecule has 1 aliphatic rings. The summed E-state index contributed by atoms with van der Waals surface area (Å²) in [5.74, 6) is 0. The highest BCUT2D eigenvalue weighted by Crippen LogP contribution is 2.25. The first-order chi connectivity index (χ1) is 5.92. The summed E-state index contributed by atoms with van der Waals surface area (Å²) in [6, 6.07) is 5.95. The molecule has 0 radical (unpaired) electrons. The Hall–Kier alpha value is -1.09. The molecule has 1 aromatic carbocycles. The third-order valence-electron chi connectivity index (χ3n) is 1.94. The molecule has 0 aliphatic carbocycles. The van der Waals surface area contributed by atoms with Crippen molar-refractivity contribution < 1.29 is 0 Å². The summed E-state index contributed by atoms with van der Waals surface area (Å²) in [5, 5.41) is 7.90. The zero-order valence-electron chi connectivity index (χ0n) is 6.42. The minimum atomic E-state index is 0.630. The number of hydrogen-bond donors (Lipinski definition) is 1. The fourth-order valence-electron chi connectivity index (χ4n) is 1.30. The Morgan fingerprint density at radius 3 is 2.92 bits per heavy atom. The first kappa shape index (κ1) is 7.55. The average molecular weight is 182 g/mol. The lowest BCUT2D eigenvalue weighted by atomic mass is 10.1. The van der Waals surface area contributed by atoms with Crippen LogP contribution in [0.3, 0.4) is 0 Å². The van der Waals surface area contributed by atoms with Gasteiger partial charge >= 0.3 is 0 Å². The van der Waals surface area contributed by atoms with Crippen molar-refractivity contribution in [2.75, 3.05) is 4.84 Å². The molecule has 0 bridgehead atoms. The van der Waals surface area contributed by atoms with Gasteiger partial charge in [-0.15, -0.1) is 0 Å². The lowest BCUT2D eigenvalue weighted by molar-refractivity contribution is 0.792. The van der Waals surface area contributed by atoms with Gasteiger partial charge in [-0.2, -0.15) is 10.2 Å². The normalized spacial score (nSPS) is 14.1. The minimum absolute atomic E-state index is 0.630. The molecule has 12 heavy (non-hydrogen) atoms. The highest BCUT2D eigenvalue weighted by Gasteiger charge is 2.09. The van der Waals surface area contributed by atoms with Crippen LogP contribution in [0.25, 0.3) is 0 Å². The highest BCUT2D eigenvalue weighted by atomic mass is 35.5. The zero-order valence-corrected chi connectivity index (χ0v) is 7.17. The van der Waals surface area contributed by atoms with Gasteiger partial charge in [0.25, 0.3) is 0 Å². The molecule has 0 aromatic heterocycles. The van der Waals surface area contributed by atoms with Gasteiger partial charge in [0.1, 0.15) is 0 Å². The van der Waals surface area contributed by atoms with Crippen LogP contribution in [0.2, 0.25) is 0 Å². The molecule has 1 N–H and O–H groups in total. The smallest absolute Gasteiger partial charge is 0.0873 e. The van der Waals surface area contributed by atoms with E-state index >= 15 is 0 Å². The number of hydrogen-bond acceptors (Lipinski definition) is 3. The Balaban J connectivity index is 2.48. The fourth-order valence-corrected chi connectivity index (χ4v) is 1.48. The maximum absolute atomic E-state index is 5.54. The van der Waals surface area contributed by atoms with E-state index in [1.165, 1.54) is 5.56 Å². The molecule has 1 aromatic rings. The van der Waals surface area contributed by atoms with E-state index in [0.29, 0.717) is 13.1 Å². The summed E-state index contributed by atoms with van der Waals surface area (Å²) in [4.78, 5) is 2.63. The van der Waals surface area contributed by atoms with Crippen molar-refractivity contribution >= 4 is 17.5 Å². The molecule has 1 heterocycles. The van der Waals surface area contributed by atoms with Crippen LogP contribution in [0, 0.1) is 0 Å². The monoisotopic (exact) mass is 181 g/mol. The van der Waals surface area contributed by atoms with Gasteiger partial charge in [0.05, 0.1) is 18.8 Å². The summed E-state index contributed by atoms with van der Waals surface area (Å²) in [7, 11) is 0. The number of nitrogens with zero attached hydrogens (tertiary/aromatic N) is 2. The predicted octanol–water partition coefficient (Wildman–Crippen LogP) is 2.72. The minimum Gasteiger partial charge on any atom is -0.298 e. The number of nitrogens with one attached hydrogen (secondary N) is 1. The van der Waals surface area contributed by atoms with E-state index in [1.807, 2.05) is 18.2 Å². The van der Waals surface area contributed by atoms with Crippen molar-refractivity contribution in [3.8, 4) is 0 Å². The zero-order chi connectivity index (χ0) is 8.39. The van der Waals surface area contributed by atoms with Crippen molar-refractivity contribution in [2.45, 2.75) is 13.1 Å². The van der Waals surface area contributed by atoms with Gasteiger partial charge in [0, 0.05) is 17.3 Å². The molecule has 62 valence electrons. The molecule has 3 nitrogen and oxygen atoms in total. The fraction of sp³-hybridized carbons (Fsp3) is 0.250. The lowest BCUT2D eigenvalue weighted by Gasteiger charge is -2.12. The number of halogens is 1. The average Bonchev–Trinajstić information content (AvgIpc) is 2.17. The van der Waals surface area contributed by atoms with Crippen molar-refractivity contribution in [3.63, 3.8) is 0 Å². The van der Waals surface area contributed by atoms with Crippen LogP contribution in [0.15, 0.2) is 28.4 Å². The van der Waals surface area contributed by atoms with E-state index in [9.17, 15) is 0 Å². The van der Waals surface area contributed by atoms with Gasteiger partial charge in [0.2, 0.25) is 0 Å². The topological polar surface area (TPSA) is 36.8 Å². The summed E-state index contributed by atoms with van der Waals surface area (Å²) in [6.45, 7) is 1.30. The quantitative estimate of drug-likeness (QED) is 0.665. The van der Waals surface area contributed by atoms with Crippen LogP contribution in [0.5, 0.6) is 0 Å². The Morgan fingerprint density at radius 1 is 1.25 bits per heavy atom.